The van der Waals surface area contributed by atoms with Crippen molar-refractivity contribution in [3.63, 3.8) is 0 Å². The lowest BCUT2D eigenvalue weighted by Crippen LogP contribution is -2.03. The van der Waals surface area contributed by atoms with Gasteiger partial charge < -0.3 is 10.1 Å². The number of ether oxygens (including phenoxy) is 1. The van der Waals surface area contributed by atoms with Crippen molar-refractivity contribution in [3.05, 3.63) is 24.8 Å². The number of nitrogens with one attached hydrogen (secondary N) is 1. The van der Waals surface area contributed by atoms with Gasteiger partial charge in [0.25, 0.3) is 0 Å². The van der Waals surface area contributed by atoms with E-state index in [0.29, 0.717) is 17.7 Å². The van der Waals surface area contributed by atoms with Crippen LogP contribution in [0.15, 0.2) is 24.8 Å². The zero-order valence-corrected chi connectivity index (χ0v) is 11.5. The minimum atomic E-state index is 0.306. The fourth-order valence-electron chi connectivity index (χ4n) is 1.51. The second-order valence-corrected chi connectivity index (χ2v) is 4.52. The van der Waals surface area contributed by atoms with Gasteiger partial charge in [0.2, 0.25) is 5.88 Å². The number of hydrogen-bond donors (Lipinski definition) is 1. The van der Waals surface area contributed by atoms with Gasteiger partial charge in [-0.3, -0.25) is 9.67 Å². The molecule has 0 atom stereocenters. The van der Waals surface area contributed by atoms with Gasteiger partial charge in [-0.15, -0.1) is 0 Å². The summed E-state index contributed by atoms with van der Waals surface area (Å²) >= 11 is 0. The Hall–Kier alpha value is -2.11. The number of aromatic nitrogens is 4. The predicted molar refractivity (Wildman–Crippen MR) is 73.5 cm³/mol. The molecule has 0 aliphatic heterocycles. The van der Waals surface area contributed by atoms with Gasteiger partial charge in [-0.25, -0.2) is 0 Å². The summed E-state index contributed by atoms with van der Waals surface area (Å²) < 4.78 is 7.47. The Bertz CT molecular complexity index is 523. The molecule has 2 aromatic heterocycles. The third-order valence-electron chi connectivity index (χ3n) is 2.50. The first kappa shape index (κ1) is 13.3. The summed E-state index contributed by atoms with van der Waals surface area (Å²) in [6.07, 6.45) is 7.82. The van der Waals surface area contributed by atoms with Crippen LogP contribution in [-0.4, -0.2) is 26.3 Å². The molecule has 6 heteroatoms. The molecular formula is C13H19N5O. The zero-order chi connectivity index (χ0) is 13.7. The van der Waals surface area contributed by atoms with Gasteiger partial charge in [-0.1, -0.05) is 6.92 Å². The Morgan fingerprint density at radius 2 is 2.16 bits per heavy atom. The molecule has 0 saturated heterocycles. The predicted octanol–water partition coefficient (Wildman–Crippen LogP) is 2.87. The van der Waals surface area contributed by atoms with E-state index in [1.54, 1.807) is 18.6 Å². The Labute approximate surface area is 112 Å². The first-order chi connectivity index (χ1) is 9.19. The van der Waals surface area contributed by atoms with E-state index in [9.17, 15) is 0 Å². The summed E-state index contributed by atoms with van der Waals surface area (Å²) in [5.74, 6) is 1.84. The monoisotopic (exact) mass is 261 g/mol. The van der Waals surface area contributed by atoms with Crippen LogP contribution in [0.3, 0.4) is 0 Å². The van der Waals surface area contributed by atoms with Crippen LogP contribution >= 0.6 is 0 Å². The van der Waals surface area contributed by atoms with Crippen molar-refractivity contribution >= 4 is 5.82 Å². The molecule has 0 saturated carbocycles. The van der Waals surface area contributed by atoms with E-state index in [2.05, 4.69) is 41.2 Å². The molecule has 1 N–H and O–H groups in total. The summed E-state index contributed by atoms with van der Waals surface area (Å²) in [4.78, 5) is 8.43. The average Bonchev–Trinajstić information content (AvgIpc) is 2.85. The third-order valence-corrected chi connectivity index (χ3v) is 2.50. The first-order valence-corrected chi connectivity index (χ1v) is 6.47. The van der Waals surface area contributed by atoms with E-state index >= 15 is 0 Å². The van der Waals surface area contributed by atoms with Crippen LogP contribution in [0, 0.1) is 0 Å². The minimum absolute atomic E-state index is 0.306. The summed E-state index contributed by atoms with van der Waals surface area (Å²) in [6, 6.07) is 0.306. The van der Waals surface area contributed by atoms with Crippen molar-refractivity contribution in [2.24, 2.45) is 0 Å². The van der Waals surface area contributed by atoms with E-state index in [1.807, 2.05) is 10.9 Å². The van der Waals surface area contributed by atoms with Gasteiger partial charge in [0, 0.05) is 12.6 Å². The lowest BCUT2D eigenvalue weighted by Gasteiger charge is -2.06. The maximum absolute atomic E-state index is 5.63. The summed E-state index contributed by atoms with van der Waals surface area (Å²) in [5, 5.41) is 7.38. The quantitative estimate of drug-likeness (QED) is 0.866. The lowest BCUT2D eigenvalue weighted by molar-refractivity contribution is 0.457. The number of anilines is 1. The van der Waals surface area contributed by atoms with E-state index in [4.69, 9.17) is 4.74 Å². The Morgan fingerprint density at radius 3 is 2.84 bits per heavy atom. The molecule has 0 aliphatic rings. The summed E-state index contributed by atoms with van der Waals surface area (Å²) in [7, 11) is 0. The molecule has 0 spiro atoms. The molecule has 0 aromatic carbocycles. The van der Waals surface area contributed by atoms with Gasteiger partial charge >= 0.3 is 0 Å². The molecule has 2 aromatic rings. The van der Waals surface area contributed by atoms with Crippen molar-refractivity contribution in [2.75, 3.05) is 11.9 Å². The fourth-order valence-corrected chi connectivity index (χ4v) is 1.51. The minimum Gasteiger partial charge on any atom is -0.434 e. The smallest absolute Gasteiger partial charge is 0.239 e. The highest BCUT2D eigenvalue weighted by atomic mass is 16.5. The molecular weight excluding hydrogens is 242 g/mol. The van der Waals surface area contributed by atoms with E-state index in [1.165, 1.54) is 0 Å². The van der Waals surface area contributed by atoms with Crippen LogP contribution in [0.1, 0.15) is 33.2 Å². The molecule has 19 heavy (non-hydrogen) atoms. The highest BCUT2D eigenvalue weighted by Gasteiger charge is 2.05. The maximum Gasteiger partial charge on any atom is 0.239 e. The second kappa shape index (κ2) is 6.17. The van der Waals surface area contributed by atoms with Gasteiger partial charge in [0.15, 0.2) is 5.75 Å². The normalized spacial score (nSPS) is 10.7. The van der Waals surface area contributed by atoms with Crippen LogP contribution in [0.5, 0.6) is 11.6 Å². The Kier molecular flexibility index (Phi) is 4.33. The standard InChI is InChI=1S/C13H19N5O/c1-4-5-15-12-7-14-8-13(17-12)19-11-6-16-18(9-11)10(2)3/h6-10H,4-5H2,1-3H3,(H,15,17). The maximum atomic E-state index is 5.63. The molecule has 2 heterocycles. The SMILES string of the molecule is CCCNc1cncc(Oc2cnn(C(C)C)c2)n1. The third kappa shape index (κ3) is 3.67. The Balaban J connectivity index is 2.05. The molecule has 0 fully saturated rings. The van der Waals surface area contributed by atoms with E-state index in [-0.39, 0.29) is 0 Å². The van der Waals surface area contributed by atoms with Gasteiger partial charge in [0.05, 0.1) is 24.8 Å². The first-order valence-electron chi connectivity index (χ1n) is 6.47. The van der Waals surface area contributed by atoms with Crippen LogP contribution in [0.4, 0.5) is 5.82 Å². The van der Waals surface area contributed by atoms with Crippen LogP contribution in [-0.2, 0) is 0 Å². The molecule has 0 bridgehead atoms. The Morgan fingerprint density at radius 1 is 1.32 bits per heavy atom. The van der Waals surface area contributed by atoms with Crippen LogP contribution in [0.25, 0.3) is 0 Å². The summed E-state index contributed by atoms with van der Waals surface area (Å²) in [5.41, 5.74) is 0. The largest absolute Gasteiger partial charge is 0.434 e. The van der Waals surface area contributed by atoms with E-state index < -0.39 is 0 Å². The van der Waals surface area contributed by atoms with Crippen molar-refractivity contribution in [1.82, 2.24) is 19.7 Å². The fraction of sp³-hybridized carbons (Fsp3) is 0.462. The zero-order valence-electron chi connectivity index (χ0n) is 11.5. The topological polar surface area (TPSA) is 64.9 Å². The molecule has 6 nitrogen and oxygen atoms in total. The van der Waals surface area contributed by atoms with Gasteiger partial charge in [-0.2, -0.15) is 10.1 Å². The highest BCUT2D eigenvalue weighted by Crippen LogP contribution is 2.20. The van der Waals surface area contributed by atoms with Crippen LogP contribution < -0.4 is 10.1 Å². The van der Waals surface area contributed by atoms with Crippen molar-refractivity contribution in [2.45, 2.75) is 33.2 Å². The number of nitrogens with zero attached hydrogens (tertiary/aromatic N) is 4. The summed E-state index contributed by atoms with van der Waals surface area (Å²) in [6.45, 7) is 7.09. The molecule has 0 aliphatic carbocycles. The number of rotatable bonds is 6. The number of hydrogen-bond acceptors (Lipinski definition) is 5. The van der Waals surface area contributed by atoms with Crippen molar-refractivity contribution < 1.29 is 4.74 Å². The molecule has 2 rings (SSSR count). The van der Waals surface area contributed by atoms with E-state index in [0.717, 1.165) is 18.8 Å². The highest BCUT2D eigenvalue weighted by molar-refractivity contribution is 5.34. The second-order valence-electron chi connectivity index (χ2n) is 4.52. The molecule has 0 unspecified atom stereocenters. The molecule has 102 valence electrons. The molecule has 0 radical (unpaired) electrons. The van der Waals surface area contributed by atoms with Gasteiger partial charge in [-0.05, 0) is 20.3 Å². The average molecular weight is 261 g/mol. The van der Waals surface area contributed by atoms with Crippen molar-refractivity contribution in [3.8, 4) is 11.6 Å². The molecule has 0 amide bonds. The van der Waals surface area contributed by atoms with Crippen LogP contribution in [0.2, 0.25) is 0 Å². The van der Waals surface area contributed by atoms with Crippen molar-refractivity contribution in [1.29, 1.82) is 0 Å². The lowest BCUT2D eigenvalue weighted by atomic mass is 10.4. The van der Waals surface area contributed by atoms with Gasteiger partial charge in [0.1, 0.15) is 5.82 Å².